The van der Waals surface area contributed by atoms with E-state index in [0.29, 0.717) is 6.04 Å². The van der Waals surface area contributed by atoms with Gasteiger partial charge in [0.15, 0.2) is 0 Å². The number of nitrogens with two attached hydrogens (primary N) is 1. The van der Waals surface area contributed by atoms with E-state index in [9.17, 15) is 0 Å². The second kappa shape index (κ2) is 4.83. The molecule has 0 saturated heterocycles. The molecule has 0 aliphatic heterocycles. The summed E-state index contributed by atoms with van der Waals surface area (Å²) in [5.74, 6) is 0. The zero-order chi connectivity index (χ0) is 8.97. The summed E-state index contributed by atoms with van der Waals surface area (Å²) >= 11 is 0. The molecule has 1 rings (SSSR count). The molecule has 12 heavy (non-hydrogen) atoms. The quantitative estimate of drug-likeness (QED) is 0.697. The van der Waals surface area contributed by atoms with Crippen molar-refractivity contribution in [3.63, 3.8) is 0 Å². The highest BCUT2D eigenvalue weighted by Crippen LogP contribution is 2.20. The predicted molar refractivity (Wildman–Crippen MR) is 53.2 cm³/mol. The third-order valence-corrected chi connectivity index (χ3v) is 2.89. The van der Waals surface area contributed by atoms with Crippen LogP contribution in [-0.2, 0) is 0 Å². The Hall–Kier alpha value is -0.0800. The topological polar surface area (TPSA) is 29.3 Å². The maximum atomic E-state index is 5.93. The van der Waals surface area contributed by atoms with Gasteiger partial charge in [-0.25, -0.2) is 0 Å². The average Bonchev–Trinajstić information content (AvgIpc) is 2.05. The van der Waals surface area contributed by atoms with Crippen LogP contribution in [0.1, 0.15) is 39.0 Å². The van der Waals surface area contributed by atoms with E-state index in [-0.39, 0.29) is 0 Å². The summed E-state index contributed by atoms with van der Waals surface area (Å²) in [5, 5.41) is 0. The predicted octanol–water partition coefficient (Wildman–Crippen LogP) is 1.60. The maximum Gasteiger partial charge on any atom is 0.0107 e. The summed E-state index contributed by atoms with van der Waals surface area (Å²) < 4.78 is 0. The lowest BCUT2D eigenvalue weighted by Gasteiger charge is -2.33. The Bertz CT molecular complexity index is 125. The molecule has 0 heterocycles. The van der Waals surface area contributed by atoms with Gasteiger partial charge in [-0.3, -0.25) is 0 Å². The summed E-state index contributed by atoms with van der Waals surface area (Å²) in [6.07, 6.45) is 6.36. The van der Waals surface area contributed by atoms with E-state index in [1.807, 2.05) is 0 Å². The van der Waals surface area contributed by atoms with Crippen LogP contribution in [0.2, 0.25) is 0 Å². The van der Waals surface area contributed by atoms with Crippen molar-refractivity contribution in [2.75, 3.05) is 13.6 Å². The van der Waals surface area contributed by atoms with Gasteiger partial charge in [0.2, 0.25) is 0 Å². The van der Waals surface area contributed by atoms with Gasteiger partial charge < -0.3 is 10.6 Å². The van der Waals surface area contributed by atoms with Crippen LogP contribution in [0.3, 0.4) is 0 Å². The first kappa shape index (κ1) is 10.0. The van der Waals surface area contributed by atoms with Crippen molar-refractivity contribution in [2.45, 2.75) is 51.1 Å². The second-order valence-corrected chi connectivity index (χ2v) is 4.06. The summed E-state index contributed by atoms with van der Waals surface area (Å²) in [6, 6.07) is 1.22. The highest BCUT2D eigenvalue weighted by Gasteiger charge is 2.21. The SMILES string of the molecule is CCCN(C)C1CCCC(N)C1. The first-order valence-corrected chi connectivity index (χ1v) is 5.20. The second-order valence-electron chi connectivity index (χ2n) is 4.06. The first-order chi connectivity index (χ1) is 5.74. The van der Waals surface area contributed by atoms with Gasteiger partial charge in [-0.2, -0.15) is 0 Å². The van der Waals surface area contributed by atoms with Gasteiger partial charge in [0, 0.05) is 12.1 Å². The Labute approximate surface area is 76.1 Å². The summed E-state index contributed by atoms with van der Waals surface area (Å²) in [5.41, 5.74) is 5.93. The largest absolute Gasteiger partial charge is 0.328 e. The lowest BCUT2D eigenvalue weighted by atomic mass is 9.91. The zero-order valence-electron chi connectivity index (χ0n) is 8.42. The van der Waals surface area contributed by atoms with Crippen LogP contribution in [-0.4, -0.2) is 30.6 Å². The molecule has 2 N–H and O–H groups in total. The van der Waals surface area contributed by atoms with Gasteiger partial charge >= 0.3 is 0 Å². The van der Waals surface area contributed by atoms with E-state index >= 15 is 0 Å². The molecule has 0 amide bonds. The Kier molecular flexibility index (Phi) is 4.02. The minimum atomic E-state index is 0.461. The molecule has 2 nitrogen and oxygen atoms in total. The number of nitrogens with zero attached hydrogens (tertiary/aromatic N) is 1. The molecular formula is C10H22N2. The minimum absolute atomic E-state index is 0.461. The summed E-state index contributed by atoms with van der Waals surface area (Å²) in [6.45, 7) is 3.46. The summed E-state index contributed by atoms with van der Waals surface area (Å²) in [7, 11) is 2.23. The lowest BCUT2D eigenvalue weighted by Crippen LogP contribution is -2.40. The van der Waals surface area contributed by atoms with Crippen molar-refractivity contribution >= 4 is 0 Å². The van der Waals surface area contributed by atoms with Gasteiger partial charge in [-0.1, -0.05) is 13.3 Å². The third-order valence-electron chi connectivity index (χ3n) is 2.89. The zero-order valence-corrected chi connectivity index (χ0v) is 8.42. The van der Waals surface area contributed by atoms with Crippen LogP contribution < -0.4 is 5.73 Å². The van der Waals surface area contributed by atoms with Crippen molar-refractivity contribution in [2.24, 2.45) is 5.73 Å². The molecule has 1 fully saturated rings. The van der Waals surface area contributed by atoms with Crippen LogP contribution in [0.5, 0.6) is 0 Å². The van der Waals surface area contributed by atoms with Crippen LogP contribution in [0.25, 0.3) is 0 Å². The molecule has 0 spiro atoms. The van der Waals surface area contributed by atoms with E-state index in [2.05, 4.69) is 18.9 Å². The van der Waals surface area contributed by atoms with Crippen molar-refractivity contribution < 1.29 is 0 Å². The molecule has 1 saturated carbocycles. The Morgan fingerprint density at radius 3 is 2.75 bits per heavy atom. The molecule has 2 heteroatoms. The molecule has 72 valence electrons. The smallest absolute Gasteiger partial charge is 0.0107 e. The standard InChI is InChI=1S/C10H22N2/c1-3-7-12(2)10-6-4-5-9(11)8-10/h9-10H,3-8,11H2,1-2H3. The van der Waals surface area contributed by atoms with E-state index in [1.54, 1.807) is 0 Å². The molecule has 0 aromatic heterocycles. The molecule has 1 aliphatic rings. The van der Waals surface area contributed by atoms with E-state index in [1.165, 1.54) is 38.6 Å². The fraction of sp³-hybridized carbons (Fsp3) is 1.00. The molecule has 0 aromatic carbocycles. The van der Waals surface area contributed by atoms with Crippen LogP contribution in [0.4, 0.5) is 0 Å². The molecule has 0 radical (unpaired) electrons. The molecule has 0 bridgehead atoms. The number of hydrogen-bond donors (Lipinski definition) is 1. The monoisotopic (exact) mass is 170 g/mol. The highest BCUT2D eigenvalue weighted by atomic mass is 15.1. The third kappa shape index (κ3) is 2.76. The van der Waals surface area contributed by atoms with Gasteiger partial charge in [0.05, 0.1) is 0 Å². The molecule has 1 aliphatic carbocycles. The van der Waals surface area contributed by atoms with Gasteiger partial charge in [0.1, 0.15) is 0 Å². The van der Waals surface area contributed by atoms with E-state index in [0.717, 1.165) is 6.04 Å². The number of hydrogen-bond acceptors (Lipinski definition) is 2. The van der Waals surface area contributed by atoms with Crippen molar-refractivity contribution in [3.05, 3.63) is 0 Å². The molecule has 2 unspecified atom stereocenters. The highest BCUT2D eigenvalue weighted by molar-refractivity contribution is 4.80. The van der Waals surface area contributed by atoms with Crippen molar-refractivity contribution in [1.29, 1.82) is 0 Å². The number of rotatable bonds is 3. The minimum Gasteiger partial charge on any atom is -0.328 e. The fourth-order valence-electron chi connectivity index (χ4n) is 2.14. The Balaban J connectivity index is 2.29. The van der Waals surface area contributed by atoms with Gasteiger partial charge in [-0.15, -0.1) is 0 Å². The Morgan fingerprint density at radius 1 is 1.42 bits per heavy atom. The Morgan fingerprint density at radius 2 is 2.17 bits per heavy atom. The van der Waals surface area contributed by atoms with Crippen LogP contribution in [0, 0.1) is 0 Å². The fourth-order valence-corrected chi connectivity index (χ4v) is 2.14. The van der Waals surface area contributed by atoms with Gasteiger partial charge in [-0.05, 0) is 39.3 Å². The van der Waals surface area contributed by atoms with Crippen molar-refractivity contribution in [1.82, 2.24) is 4.90 Å². The first-order valence-electron chi connectivity index (χ1n) is 5.20. The van der Waals surface area contributed by atoms with E-state index < -0.39 is 0 Å². The normalized spacial score (nSPS) is 31.0. The van der Waals surface area contributed by atoms with Crippen LogP contribution >= 0.6 is 0 Å². The lowest BCUT2D eigenvalue weighted by molar-refractivity contribution is 0.181. The maximum absolute atomic E-state index is 5.93. The van der Waals surface area contributed by atoms with E-state index in [4.69, 9.17) is 5.73 Å². The van der Waals surface area contributed by atoms with Gasteiger partial charge in [0.25, 0.3) is 0 Å². The molecule has 2 atom stereocenters. The summed E-state index contributed by atoms with van der Waals surface area (Å²) in [4.78, 5) is 2.47. The molecular weight excluding hydrogens is 148 g/mol. The average molecular weight is 170 g/mol. The van der Waals surface area contributed by atoms with Crippen LogP contribution in [0.15, 0.2) is 0 Å². The van der Waals surface area contributed by atoms with Crippen molar-refractivity contribution in [3.8, 4) is 0 Å². The molecule has 0 aromatic rings.